The molecule has 0 saturated carbocycles. The van der Waals surface area contributed by atoms with Crippen molar-refractivity contribution in [1.82, 2.24) is 0 Å². The van der Waals surface area contributed by atoms with Crippen molar-refractivity contribution in [3.8, 4) is 11.8 Å². The first kappa shape index (κ1) is 8.52. The maximum atomic E-state index is 6.94. The Morgan fingerprint density at radius 1 is 1.08 bits per heavy atom. The summed E-state index contributed by atoms with van der Waals surface area (Å²) in [5, 5.41) is 0. The molecule has 1 heteroatoms. The van der Waals surface area contributed by atoms with Crippen molar-refractivity contribution in [2.45, 2.75) is 0 Å². The minimum absolute atomic E-state index is 0.685. The van der Waals surface area contributed by atoms with Crippen LogP contribution in [0.3, 0.4) is 0 Å². The molecule has 0 fully saturated rings. The zero-order valence-electron chi connectivity index (χ0n) is 6.52. The van der Waals surface area contributed by atoms with Crippen LogP contribution in [0.1, 0.15) is 16.7 Å². The summed E-state index contributed by atoms with van der Waals surface area (Å²) in [6.07, 6.45) is 13.9. The number of hydrogen-bond acceptors (Lipinski definition) is 0. The summed E-state index contributed by atoms with van der Waals surface area (Å²) in [4.78, 5) is 0. The topological polar surface area (TPSA) is 0 Å². The van der Waals surface area contributed by atoms with Crippen LogP contribution < -0.4 is 0 Å². The van der Waals surface area contributed by atoms with Crippen molar-refractivity contribution in [1.29, 1.82) is 0 Å². The van der Waals surface area contributed by atoms with Crippen LogP contribution in [0.4, 0.5) is 0 Å². The van der Waals surface area contributed by atoms with E-state index in [0.29, 0.717) is 11.1 Å². The predicted octanol–water partition coefficient (Wildman–Crippen LogP) is 0.346. The van der Waals surface area contributed by atoms with E-state index in [1.807, 2.05) is 17.8 Å². The lowest BCUT2D eigenvalue weighted by Crippen LogP contribution is -1.86. The summed E-state index contributed by atoms with van der Waals surface area (Å²) >= 11 is 0. The van der Waals surface area contributed by atoms with Gasteiger partial charge in [-0.15, -0.1) is 0 Å². The zero-order chi connectivity index (χ0) is 8.97. The highest BCUT2D eigenvalue weighted by atomic mass is 28.1. The van der Waals surface area contributed by atoms with Gasteiger partial charge in [0, 0.05) is 11.1 Å². The van der Waals surface area contributed by atoms with Gasteiger partial charge in [-0.3, -0.25) is 0 Å². The zero-order valence-corrected chi connectivity index (χ0v) is 7.93. The molecule has 0 aliphatic heterocycles. The van der Waals surface area contributed by atoms with Crippen molar-refractivity contribution in [3.63, 3.8) is 0 Å². The minimum atomic E-state index is 0.685. The molecule has 0 spiro atoms. The van der Waals surface area contributed by atoms with Crippen LogP contribution in [0.25, 0.3) is 0 Å². The summed E-state index contributed by atoms with van der Waals surface area (Å²) in [5.41, 5.74) is 4.32. The van der Waals surface area contributed by atoms with Crippen molar-refractivity contribution >= 4 is 15.5 Å². The summed E-state index contributed by atoms with van der Waals surface area (Å²) in [5.74, 6) is 4.57. The average molecular weight is 166 g/mol. The fourth-order valence-corrected chi connectivity index (χ4v) is 1.15. The van der Waals surface area contributed by atoms with Crippen LogP contribution in [-0.4, -0.2) is 15.5 Å². The SMILES string of the molecule is [C]#Cc1cc(C#[C])cc(C=[SiH2])c1. The van der Waals surface area contributed by atoms with Gasteiger partial charge < -0.3 is 0 Å². The van der Waals surface area contributed by atoms with Crippen molar-refractivity contribution in [2.75, 3.05) is 0 Å². The van der Waals surface area contributed by atoms with Crippen molar-refractivity contribution in [3.05, 3.63) is 47.7 Å². The highest BCUT2D eigenvalue weighted by Gasteiger charge is 1.93. The third kappa shape index (κ3) is 1.72. The van der Waals surface area contributed by atoms with Crippen molar-refractivity contribution < 1.29 is 0 Å². The maximum Gasteiger partial charge on any atom is 0.0273 e. The molecule has 0 atom stereocenters. The Balaban J connectivity index is 3.33. The molecule has 0 nitrogen and oxygen atoms in total. The van der Waals surface area contributed by atoms with Gasteiger partial charge in [-0.2, -0.15) is 0 Å². The van der Waals surface area contributed by atoms with Crippen LogP contribution in [-0.2, 0) is 0 Å². The van der Waals surface area contributed by atoms with E-state index in [4.69, 9.17) is 12.8 Å². The monoisotopic (exact) mass is 166 g/mol. The second-order valence-corrected chi connectivity index (χ2v) is 2.71. The molecule has 1 rings (SSSR count). The molecular formula is C11H6Si. The van der Waals surface area contributed by atoms with Crippen molar-refractivity contribution in [2.24, 2.45) is 0 Å². The van der Waals surface area contributed by atoms with Crippen LogP contribution in [0, 0.1) is 24.7 Å². The van der Waals surface area contributed by atoms with Gasteiger partial charge in [-0.25, -0.2) is 0 Å². The van der Waals surface area contributed by atoms with E-state index in [-0.39, 0.29) is 0 Å². The third-order valence-electron chi connectivity index (χ3n) is 1.48. The van der Waals surface area contributed by atoms with Crippen LogP contribution >= 0.6 is 0 Å². The lowest BCUT2D eigenvalue weighted by Gasteiger charge is -1.96. The van der Waals surface area contributed by atoms with E-state index in [9.17, 15) is 0 Å². The number of benzene rings is 1. The van der Waals surface area contributed by atoms with E-state index in [0.717, 1.165) is 5.56 Å². The summed E-state index contributed by atoms with van der Waals surface area (Å²) < 4.78 is 0. The van der Waals surface area contributed by atoms with Gasteiger partial charge in [0.15, 0.2) is 0 Å². The molecule has 1 aromatic rings. The predicted molar refractivity (Wildman–Crippen MR) is 52.6 cm³/mol. The molecule has 0 amide bonds. The summed E-state index contributed by atoms with van der Waals surface area (Å²) in [7, 11) is 1.73. The average Bonchev–Trinajstić information content (AvgIpc) is 2.16. The molecule has 0 aliphatic rings. The van der Waals surface area contributed by atoms with Gasteiger partial charge in [0.05, 0.1) is 0 Å². The molecule has 0 heterocycles. The van der Waals surface area contributed by atoms with Gasteiger partial charge in [0.25, 0.3) is 0 Å². The molecule has 0 saturated heterocycles. The Morgan fingerprint density at radius 2 is 1.58 bits per heavy atom. The quantitative estimate of drug-likeness (QED) is 0.417. The third-order valence-corrected chi connectivity index (χ3v) is 1.95. The molecule has 0 aliphatic carbocycles. The Morgan fingerprint density at radius 3 is 1.92 bits per heavy atom. The summed E-state index contributed by atoms with van der Waals surface area (Å²) in [6, 6.07) is 5.40. The van der Waals surface area contributed by atoms with Gasteiger partial charge in [-0.1, -0.05) is 17.5 Å². The van der Waals surface area contributed by atoms with Gasteiger partial charge in [0.1, 0.15) is 0 Å². The van der Waals surface area contributed by atoms with E-state index in [2.05, 4.69) is 11.8 Å². The Labute approximate surface area is 75.7 Å². The molecule has 54 valence electrons. The number of hydrogen-bond donors (Lipinski definition) is 0. The Kier molecular flexibility index (Phi) is 2.64. The molecule has 12 heavy (non-hydrogen) atoms. The molecule has 2 radical (unpaired) electrons. The molecular weight excluding hydrogens is 160 g/mol. The minimum Gasteiger partial charge on any atom is -0.0812 e. The van der Waals surface area contributed by atoms with Gasteiger partial charge in [-0.05, 0) is 46.5 Å². The van der Waals surface area contributed by atoms with Crippen LogP contribution in [0.15, 0.2) is 18.2 Å². The lowest BCUT2D eigenvalue weighted by atomic mass is 10.1. The van der Waals surface area contributed by atoms with E-state index in [1.54, 1.807) is 15.9 Å². The Hall–Kier alpha value is -1.57. The fourth-order valence-electron chi connectivity index (χ4n) is 0.914. The molecule has 0 bridgehead atoms. The highest BCUT2D eigenvalue weighted by Crippen LogP contribution is 2.06. The largest absolute Gasteiger partial charge is 0.0812 e. The first-order chi connectivity index (χ1) is 5.80. The molecule has 1 aromatic carbocycles. The van der Waals surface area contributed by atoms with E-state index in [1.165, 1.54) is 0 Å². The smallest absolute Gasteiger partial charge is 0.0273 e. The molecule has 0 N–H and O–H groups in total. The first-order valence-corrected chi connectivity index (χ1v) is 4.25. The van der Waals surface area contributed by atoms with Gasteiger partial charge in [0.2, 0.25) is 0 Å². The highest BCUT2D eigenvalue weighted by molar-refractivity contribution is 6.32. The normalized spacial score (nSPS) is 8.17. The Bertz CT molecular complexity index is 356. The van der Waals surface area contributed by atoms with Crippen LogP contribution in [0.2, 0.25) is 0 Å². The standard InChI is InChI=1S/C11H6Si/c1-3-9-5-10(4-2)7-11(6-9)8-12/h5-8H,12H2. The molecule has 0 aromatic heterocycles. The first-order valence-electron chi connectivity index (χ1n) is 3.43. The fraction of sp³-hybridized carbons (Fsp3) is 0. The van der Waals surface area contributed by atoms with Gasteiger partial charge >= 0.3 is 0 Å². The van der Waals surface area contributed by atoms with E-state index < -0.39 is 0 Å². The second-order valence-electron chi connectivity index (χ2n) is 2.30. The second kappa shape index (κ2) is 3.71. The number of rotatable bonds is 1. The van der Waals surface area contributed by atoms with Crippen LogP contribution in [0.5, 0.6) is 0 Å². The maximum absolute atomic E-state index is 6.94. The lowest BCUT2D eigenvalue weighted by molar-refractivity contribution is 1.58. The molecule has 0 unspecified atom stereocenters. The summed E-state index contributed by atoms with van der Waals surface area (Å²) in [6.45, 7) is 0. The van der Waals surface area contributed by atoms with E-state index >= 15 is 0 Å².